The van der Waals surface area contributed by atoms with Crippen molar-refractivity contribution < 1.29 is 19.0 Å². The fourth-order valence-corrected chi connectivity index (χ4v) is 1.97. The lowest BCUT2D eigenvalue weighted by molar-refractivity contribution is -0.121. The third kappa shape index (κ3) is 17.6. The van der Waals surface area contributed by atoms with Gasteiger partial charge in [-0.3, -0.25) is 4.79 Å². The summed E-state index contributed by atoms with van der Waals surface area (Å²) >= 11 is 4.17. The van der Waals surface area contributed by atoms with E-state index in [1.807, 2.05) is 0 Å². The first-order chi connectivity index (χ1) is 10.3. The average molecular weight is 321 g/mol. The molecule has 1 amide bonds. The normalized spacial score (nSPS) is 10.8. The highest BCUT2D eigenvalue weighted by Crippen LogP contribution is 2.05. The molecule has 0 saturated carbocycles. The first kappa shape index (κ1) is 20.7. The molecule has 0 aromatic heterocycles. The number of carbonyl (C=O) groups is 1. The Kier molecular flexibility index (Phi) is 17.5. The van der Waals surface area contributed by atoms with Gasteiger partial charge in [-0.1, -0.05) is 19.3 Å². The molecule has 21 heavy (non-hydrogen) atoms. The molecule has 0 rings (SSSR count). The first-order valence-corrected chi connectivity index (χ1v) is 8.46. The third-order valence-corrected chi connectivity index (χ3v) is 3.25. The zero-order chi connectivity index (χ0) is 15.6. The molecule has 0 atom stereocenters. The van der Waals surface area contributed by atoms with Gasteiger partial charge in [0.1, 0.15) is 0 Å². The van der Waals surface area contributed by atoms with Crippen molar-refractivity contribution in [1.29, 1.82) is 0 Å². The third-order valence-electron chi connectivity index (χ3n) is 2.93. The topological polar surface area (TPSA) is 56.8 Å². The Bertz CT molecular complexity index is 230. The minimum Gasteiger partial charge on any atom is -0.382 e. The van der Waals surface area contributed by atoms with E-state index in [-0.39, 0.29) is 5.91 Å². The van der Waals surface area contributed by atoms with Gasteiger partial charge in [-0.2, -0.15) is 12.6 Å². The number of methoxy groups -OCH3 is 1. The van der Waals surface area contributed by atoms with Gasteiger partial charge in [-0.25, -0.2) is 0 Å². The molecular formula is C15H31NO4S. The molecule has 0 fully saturated rings. The molecule has 0 unspecified atom stereocenters. The van der Waals surface area contributed by atoms with Crippen LogP contribution in [0, 0.1) is 0 Å². The highest BCUT2D eigenvalue weighted by atomic mass is 32.1. The molecule has 0 aliphatic rings. The van der Waals surface area contributed by atoms with Crippen LogP contribution < -0.4 is 5.32 Å². The van der Waals surface area contributed by atoms with Crippen molar-refractivity contribution in [2.24, 2.45) is 0 Å². The first-order valence-electron chi connectivity index (χ1n) is 7.83. The molecule has 0 spiro atoms. The summed E-state index contributed by atoms with van der Waals surface area (Å²) in [6.07, 6.45) is 6.28. The highest BCUT2D eigenvalue weighted by molar-refractivity contribution is 7.80. The second-order valence-corrected chi connectivity index (χ2v) is 5.26. The number of hydrogen-bond acceptors (Lipinski definition) is 5. The van der Waals surface area contributed by atoms with Gasteiger partial charge in [0, 0.05) is 20.1 Å². The Balaban J connectivity index is 3.12. The molecular weight excluding hydrogens is 290 g/mol. The summed E-state index contributed by atoms with van der Waals surface area (Å²) < 4.78 is 15.5. The lowest BCUT2D eigenvalue weighted by Crippen LogP contribution is -2.27. The number of unbranched alkanes of at least 4 members (excludes halogenated alkanes) is 4. The minimum absolute atomic E-state index is 0.115. The summed E-state index contributed by atoms with van der Waals surface area (Å²) in [6, 6.07) is 0. The van der Waals surface area contributed by atoms with E-state index in [2.05, 4.69) is 17.9 Å². The summed E-state index contributed by atoms with van der Waals surface area (Å²) in [7, 11) is 1.64. The fraction of sp³-hybridized carbons (Fsp3) is 0.933. The van der Waals surface area contributed by atoms with Crippen LogP contribution in [0.3, 0.4) is 0 Å². The zero-order valence-electron chi connectivity index (χ0n) is 13.3. The van der Waals surface area contributed by atoms with E-state index in [4.69, 9.17) is 14.2 Å². The number of nitrogens with one attached hydrogen (secondary N) is 1. The number of amides is 1. The summed E-state index contributed by atoms with van der Waals surface area (Å²) in [4.78, 5) is 11.5. The molecule has 0 bridgehead atoms. The predicted molar refractivity (Wildman–Crippen MR) is 88.1 cm³/mol. The van der Waals surface area contributed by atoms with Gasteiger partial charge in [-0.05, 0) is 18.6 Å². The number of carbonyl (C=O) groups excluding carboxylic acids is 1. The molecule has 0 aliphatic carbocycles. The Labute approximate surface area is 134 Å². The maximum Gasteiger partial charge on any atom is 0.220 e. The monoisotopic (exact) mass is 321 g/mol. The minimum atomic E-state index is 0.115. The average Bonchev–Trinajstić information content (AvgIpc) is 2.49. The van der Waals surface area contributed by atoms with Gasteiger partial charge in [0.25, 0.3) is 0 Å². The van der Waals surface area contributed by atoms with Crippen LogP contribution in [0.1, 0.15) is 38.5 Å². The van der Waals surface area contributed by atoms with Crippen LogP contribution in [0.2, 0.25) is 0 Å². The lowest BCUT2D eigenvalue weighted by Gasteiger charge is -2.07. The van der Waals surface area contributed by atoms with Crippen molar-refractivity contribution in [1.82, 2.24) is 5.32 Å². The second-order valence-electron chi connectivity index (χ2n) is 4.81. The molecule has 0 radical (unpaired) electrons. The number of ether oxygens (including phenoxy) is 3. The quantitative estimate of drug-likeness (QED) is 0.337. The SMILES string of the molecule is COCCOCCOCCNC(=O)CCCCCCCS. The smallest absolute Gasteiger partial charge is 0.220 e. The second kappa shape index (κ2) is 17.8. The molecule has 5 nitrogen and oxygen atoms in total. The largest absolute Gasteiger partial charge is 0.382 e. The highest BCUT2D eigenvalue weighted by Gasteiger charge is 2.00. The van der Waals surface area contributed by atoms with Crippen LogP contribution in [-0.4, -0.2) is 58.3 Å². The van der Waals surface area contributed by atoms with E-state index in [1.54, 1.807) is 7.11 Å². The maximum absolute atomic E-state index is 11.5. The van der Waals surface area contributed by atoms with Gasteiger partial charge in [-0.15, -0.1) is 0 Å². The molecule has 0 aromatic carbocycles. The van der Waals surface area contributed by atoms with E-state index in [0.29, 0.717) is 46.0 Å². The van der Waals surface area contributed by atoms with Crippen molar-refractivity contribution in [2.75, 3.05) is 52.4 Å². The van der Waals surface area contributed by atoms with Gasteiger partial charge < -0.3 is 19.5 Å². The van der Waals surface area contributed by atoms with Crippen LogP contribution in [0.25, 0.3) is 0 Å². The van der Waals surface area contributed by atoms with Crippen LogP contribution in [0.15, 0.2) is 0 Å². The molecule has 0 aliphatic heterocycles. The van der Waals surface area contributed by atoms with Crippen molar-refractivity contribution in [2.45, 2.75) is 38.5 Å². The zero-order valence-corrected chi connectivity index (χ0v) is 14.2. The van der Waals surface area contributed by atoms with Crippen LogP contribution in [-0.2, 0) is 19.0 Å². The van der Waals surface area contributed by atoms with Crippen molar-refractivity contribution in [3.63, 3.8) is 0 Å². The molecule has 0 aromatic rings. The van der Waals surface area contributed by atoms with E-state index < -0.39 is 0 Å². The fourth-order valence-electron chi connectivity index (χ4n) is 1.74. The van der Waals surface area contributed by atoms with E-state index in [9.17, 15) is 4.79 Å². The van der Waals surface area contributed by atoms with Crippen LogP contribution in [0.5, 0.6) is 0 Å². The molecule has 6 heteroatoms. The van der Waals surface area contributed by atoms with Crippen molar-refractivity contribution in [3.8, 4) is 0 Å². The van der Waals surface area contributed by atoms with E-state index in [0.717, 1.165) is 18.6 Å². The summed E-state index contributed by atoms with van der Waals surface area (Å²) in [5.74, 6) is 1.07. The standard InChI is InChI=1S/C15H31NO4S/c1-18-10-11-20-13-12-19-9-8-16-15(17)7-5-3-2-4-6-14-21/h21H,2-14H2,1H3,(H,16,17). The predicted octanol–water partition coefficient (Wildman–Crippen LogP) is 2.05. The van der Waals surface area contributed by atoms with Gasteiger partial charge in [0.15, 0.2) is 0 Å². The van der Waals surface area contributed by atoms with Crippen molar-refractivity contribution >= 4 is 18.5 Å². The summed E-state index contributed by atoms with van der Waals surface area (Å²) in [5.41, 5.74) is 0. The Hall–Kier alpha value is -0.300. The van der Waals surface area contributed by atoms with Crippen LogP contribution in [0.4, 0.5) is 0 Å². The Morgan fingerprint density at radius 2 is 1.52 bits per heavy atom. The van der Waals surface area contributed by atoms with Gasteiger partial charge in [0.05, 0.1) is 33.0 Å². The Morgan fingerprint density at radius 1 is 0.905 bits per heavy atom. The maximum atomic E-state index is 11.5. The number of rotatable bonds is 16. The molecule has 126 valence electrons. The van der Waals surface area contributed by atoms with Crippen molar-refractivity contribution in [3.05, 3.63) is 0 Å². The van der Waals surface area contributed by atoms with Crippen LogP contribution >= 0.6 is 12.6 Å². The molecule has 0 heterocycles. The number of thiol groups is 1. The van der Waals surface area contributed by atoms with E-state index >= 15 is 0 Å². The van der Waals surface area contributed by atoms with E-state index in [1.165, 1.54) is 19.3 Å². The van der Waals surface area contributed by atoms with Gasteiger partial charge in [0.2, 0.25) is 5.91 Å². The lowest BCUT2D eigenvalue weighted by atomic mass is 10.1. The summed E-state index contributed by atoms with van der Waals surface area (Å²) in [6.45, 7) is 3.39. The molecule has 1 N–H and O–H groups in total. The molecule has 0 saturated heterocycles. The number of hydrogen-bond donors (Lipinski definition) is 2. The summed E-state index contributed by atoms with van der Waals surface area (Å²) in [5, 5.41) is 2.86. The Morgan fingerprint density at radius 3 is 2.24 bits per heavy atom. The van der Waals surface area contributed by atoms with Gasteiger partial charge >= 0.3 is 0 Å².